The van der Waals surface area contributed by atoms with Crippen LogP contribution in [-0.4, -0.2) is 71.8 Å². The average Bonchev–Trinajstić information content (AvgIpc) is 2.97. The van der Waals surface area contributed by atoms with Crippen LogP contribution in [0.15, 0.2) is 0 Å². The SMILES string of the molecule is Cc1nc(C(=O)N(C)C)nc(N2CC[C@@H](NC(C)CCO)C2)c1C. The van der Waals surface area contributed by atoms with Gasteiger partial charge in [0.15, 0.2) is 0 Å². The molecule has 1 amide bonds. The number of carbonyl (C=O) groups excluding carboxylic acids is 1. The first-order valence-corrected chi connectivity index (χ1v) is 8.52. The molecule has 0 aliphatic carbocycles. The molecule has 2 atom stereocenters. The van der Waals surface area contributed by atoms with Gasteiger partial charge in [-0.2, -0.15) is 0 Å². The summed E-state index contributed by atoms with van der Waals surface area (Å²) >= 11 is 0. The molecule has 1 aliphatic rings. The third-order valence-electron chi connectivity index (χ3n) is 4.53. The fourth-order valence-electron chi connectivity index (χ4n) is 2.99. The lowest BCUT2D eigenvalue weighted by Crippen LogP contribution is -2.39. The van der Waals surface area contributed by atoms with Crippen LogP contribution in [0.25, 0.3) is 0 Å². The summed E-state index contributed by atoms with van der Waals surface area (Å²) in [5, 5.41) is 12.6. The third-order valence-corrected chi connectivity index (χ3v) is 4.53. The van der Waals surface area contributed by atoms with Crippen molar-refractivity contribution in [1.29, 1.82) is 0 Å². The highest BCUT2D eigenvalue weighted by atomic mass is 16.3. The maximum Gasteiger partial charge on any atom is 0.291 e. The van der Waals surface area contributed by atoms with Gasteiger partial charge in [-0.25, -0.2) is 9.97 Å². The van der Waals surface area contributed by atoms with E-state index in [0.717, 1.165) is 43.0 Å². The second-order valence-electron chi connectivity index (χ2n) is 6.79. The van der Waals surface area contributed by atoms with Crippen molar-refractivity contribution in [2.24, 2.45) is 0 Å². The predicted octanol–water partition coefficient (Wildman–Crippen LogP) is 0.734. The number of anilines is 1. The van der Waals surface area contributed by atoms with Gasteiger partial charge in [-0.3, -0.25) is 4.79 Å². The van der Waals surface area contributed by atoms with Gasteiger partial charge in [0.25, 0.3) is 5.91 Å². The lowest BCUT2D eigenvalue weighted by atomic mass is 10.2. The van der Waals surface area contributed by atoms with Gasteiger partial charge in [-0.1, -0.05) is 0 Å². The number of aryl methyl sites for hydroxylation is 1. The quantitative estimate of drug-likeness (QED) is 0.798. The largest absolute Gasteiger partial charge is 0.396 e. The number of nitrogens with one attached hydrogen (secondary N) is 1. The van der Waals surface area contributed by atoms with Crippen molar-refractivity contribution in [2.75, 3.05) is 38.7 Å². The number of hydrogen-bond donors (Lipinski definition) is 2. The normalized spacial score (nSPS) is 18.8. The molecule has 0 radical (unpaired) electrons. The Balaban J connectivity index is 2.16. The molecule has 1 aliphatic heterocycles. The van der Waals surface area contributed by atoms with Crippen molar-refractivity contribution in [3.8, 4) is 0 Å². The van der Waals surface area contributed by atoms with Crippen LogP contribution in [0.2, 0.25) is 0 Å². The second kappa shape index (κ2) is 7.90. The molecular weight excluding hydrogens is 306 g/mol. The Morgan fingerprint density at radius 2 is 2.12 bits per heavy atom. The van der Waals surface area contributed by atoms with Gasteiger partial charge in [0.05, 0.1) is 0 Å². The molecule has 1 aromatic rings. The van der Waals surface area contributed by atoms with E-state index in [-0.39, 0.29) is 18.3 Å². The van der Waals surface area contributed by atoms with Crippen molar-refractivity contribution in [2.45, 2.75) is 45.7 Å². The van der Waals surface area contributed by atoms with Crippen molar-refractivity contribution in [3.63, 3.8) is 0 Å². The fraction of sp³-hybridized carbons (Fsp3) is 0.706. The Morgan fingerprint density at radius 3 is 2.75 bits per heavy atom. The van der Waals surface area contributed by atoms with Crippen molar-refractivity contribution in [1.82, 2.24) is 20.2 Å². The van der Waals surface area contributed by atoms with Crippen LogP contribution in [0.1, 0.15) is 41.6 Å². The number of rotatable bonds is 6. The summed E-state index contributed by atoms with van der Waals surface area (Å²) in [5.41, 5.74) is 1.87. The zero-order valence-electron chi connectivity index (χ0n) is 15.3. The third kappa shape index (κ3) is 4.21. The highest BCUT2D eigenvalue weighted by Gasteiger charge is 2.27. The highest BCUT2D eigenvalue weighted by molar-refractivity contribution is 5.90. The lowest BCUT2D eigenvalue weighted by Gasteiger charge is -2.23. The number of aliphatic hydroxyl groups excluding tert-OH is 1. The minimum Gasteiger partial charge on any atom is -0.396 e. The van der Waals surface area contributed by atoms with E-state index in [1.165, 1.54) is 4.90 Å². The fourth-order valence-corrected chi connectivity index (χ4v) is 2.99. The van der Waals surface area contributed by atoms with Crippen molar-refractivity contribution < 1.29 is 9.90 Å². The standard InChI is InChI=1S/C17H29N5O2/c1-11(7-9-23)18-14-6-8-22(10-14)16-12(2)13(3)19-15(20-16)17(24)21(4)5/h11,14,18,23H,6-10H2,1-5H3/t11?,14-/m1/s1. The molecule has 7 nitrogen and oxygen atoms in total. The smallest absolute Gasteiger partial charge is 0.291 e. The summed E-state index contributed by atoms with van der Waals surface area (Å²) in [6.07, 6.45) is 1.78. The number of nitrogens with zero attached hydrogens (tertiary/aromatic N) is 4. The van der Waals surface area contributed by atoms with E-state index in [0.29, 0.717) is 12.1 Å². The molecule has 1 aromatic heterocycles. The van der Waals surface area contributed by atoms with Crippen molar-refractivity contribution in [3.05, 3.63) is 17.1 Å². The Kier molecular flexibility index (Phi) is 6.12. The molecule has 7 heteroatoms. The molecule has 0 aromatic carbocycles. The summed E-state index contributed by atoms with van der Waals surface area (Å²) in [6.45, 7) is 7.96. The summed E-state index contributed by atoms with van der Waals surface area (Å²) in [5.74, 6) is 0.930. The predicted molar refractivity (Wildman–Crippen MR) is 94.4 cm³/mol. The van der Waals surface area contributed by atoms with E-state index in [9.17, 15) is 4.79 Å². The van der Waals surface area contributed by atoms with Crippen LogP contribution in [-0.2, 0) is 0 Å². The van der Waals surface area contributed by atoms with Gasteiger partial charge in [-0.05, 0) is 33.6 Å². The number of hydrogen-bond acceptors (Lipinski definition) is 6. The Morgan fingerprint density at radius 1 is 1.42 bits per heavy atom. The van der Waals surface area contributed by atoms with Gasteiger partial charge in [0.1, 0.15) is 5.82 Å². The molecule has 134 valence electrons. The molecule has 2 N–H and O–H groups in total. The summed E-state index contributed by atoms with van der Waals surface area (Å²) in [6, 6.07) is 0.660. The first kappa shape index (κ1) is 18.6. The minimum atomic E-state index is -0.176. The van der Waals surface area contributed by atoms with Crippen LogP contribution in [0.5, 0.6) is 0 Å². The first-order valence-electron chi connectivity index (χ1n) is 8.52. The molecule has 1 saturated heterocycles. The molecule has 1 fully saturated rings. The Hall–Kier alpha value is -1.73. The van der Waals surface area contributed by atoms with E-state index in [1.807, 2.05) is 13.8 Å². The van der Waals surface area contributed by atoms with Crippen LogP contribution in [0.3, 0.4) is 0 Å². The topological polar surface area (TPSA) is 81.6 Å². The van der Waals surface area contributed by atoms with Crippen LogP contribution in [0, 0.1) is 13.8 Å². The number of carbonyl (C=O) groups is 1. The van der Waals surface area contributed by atoms with Gasteiger partial charge >= 0.3 is 0 Å². The van der Waals surface area contributed by atoms with Crippen LogP contribution >= 0.6 is 0 Å². The van der Waals surface area contributed by atoms with Crippen LogP contribution < -0.4 is 10.2 Å². The summed E-state index contributed by atoms with van der Waals surface area (Å²) < 4.78 is 0. The van der Waals surface area contributed by atoms with E-state index in [1.54, 1.807) is 14.1 Å². The molecule has 24 heavy (non-hydrogen) atoms. The van der Waals surface area contributed by atoms with Crippen molar-refractivity contribution >= 4 is 11.7 Å². The molecule has 2 heterocycles. The van der Waals surface area contributed by atoms with E-state index < -0.39 is 0 Å². The van der Waals surface area contributed by atoms with Gasteiger partial charge in [0, 0.05) is 57.1 Å². The zero-order valence-corrected chi connectivity index (χ0v) is 15.3. The van der Waals surface area contributed by atoms with E-state index in [2.05, 4.69) is 27.1 Å². The summed E-state index contributed by atoms with van der Waals surface area (Å²) in [7, 11) is 3.41. The monoisotopic (exact) mass is 335 g/mol. The van der Waals surface area contributed by atoms with E-state index in [4.69, 9.17) is 5.11 Å². The number of aromatic nitrogens is 2. The minimum absolute atomic E-state index is 0.176. The maximum absolute atomic E-state index is 12.2. The second-order valence-corrected chi connectivity index (χ2v) is 6.79. The van der Waals surface area contributed by atoms with E-state index >= 15 is 0 Å². The Bertz CT molecular complexity index is 591. The van der Waals surface area contributed by atoms with Gasteiger partial charge in [0.2, 0.25) is 5.82 Å². The average molecular weight is 335 g/mol. The lowest BCUT2D eigenvalue weighted by molar-refractivity contribution is 0.0815. The molecule has 2 rings (SSSR count). The van der Waals surface area contributed by atoms with Gasteiger partial charge < -0.3 is 20.2 Å². The highest BCUT2D eigenvalue weighted by Crippen LogP contribution is 2.24. The Labute approximate surface area is 144 Å². The molecule has 0 bridgehead atoms. The molecular formula is C17H29N5O2. The first-order chi connectivity index (χ1) is 11.3. The molecule has 0 saturated carbocycles. The number of aliphatic hydroxyl groups is 1. The zero-order chi connectivity index (χ0) is 17.9. The van der Waals surface area contributed by atoms with Gasteiger partial charge in [-0.15, -0.1) is 0 Å². The molecule has 0 spiro atoms. The molecule has 1 unspecified atom stereocenters. The summed E-state index contributed by atoms with van der Waals surface area (Å²) in [4.78, 5) is 24.8. The van der Waals surface area contributed by atoms with Crippen LogP contribution in [0.4, 0.5) is 5.82 Å². The number of amides is 1. The maximum atomic E-state index is 12.2.